The number of nitrogens with zero attached hydrogens (tertiary/aromatic N) is 3. The normalized spacial score (nSPS) is 15.8. The standard InChI is InChI=1S/C16H21N3O/c1-2-13-11-18(9-8-16(13)20)12-14-7-10-19(17-14)15-5-3-4-6-15/h7-11,15H,2-6,12H2,1H3. The zero-order chi connectivity index (χ0) is 13.9. The van der Waals surface area contributed by atoms with E-state index in [0.29, 0.717) is 6.04 Å². The first kappa shape index (κ1) is 13.2. The second-order valence-electron chi connectivity index (χ2n) is 5.59. The topological polar surface area (TPSA) is 39.8 Å². The summed E-state index contributed by atoms with van der Waals surface area (Å²) in [6.07, 6.45) is 11.8. The number of pyridine rings is 1. The van der Waals surface area contributed by atoms with Crippen molar-refractivity contribution in [3.05, 3.63) is 52.2 Å². The summed E-state index contributed by atoms with van der Waals surface area (Å²) in [5.41, 5.74) is 2.05. The number of aromatic nitrogens is 3. The average molecular weight is 271 g/mol. The molecule has 1 saturated carbocycles. The summed E-state index contributed by atoms with van der Waals surface area (Å²) in [6, 6.07) is 4.32. The van der Waals surface area contributed by atoms with Gasteiger partial charge in [-0.1, -0.05) is 19.8 Å². The molecule has 4 heteroatoms. The molecule has 0 amide bonds. The van der Waals surface area contributed by atoms with Gasteiger partial charge in [-0.25, -0.2) is 0 Å². The minimum absolute atomic E-state index is 0.125. The van der Waals surface area contributed by atoms with Gasteiger partial charge in [0.15, 0.2) is 5.43 Å². The Morgan fingerprint density at radius 2 is 2.05 bits per heavy atom. The molecule has 0 atom stereocenters. The zero-order valence-electron chi connectivity index (χ0n) is 12.0. The predicted molar refractivity (Wildman–Crippen MR) is 78.9 cm³/mol. The maximum absolute atomic E-state index is 11.6. The first-order valence-electron chi connectivity index (χ1n) is 7.49. The third-order valence-electron chi connectivity index (χ3n) is 4.14. The van der Waals surface area contributed by atoms with E-state index in [1.807, 2.05) is 23.9 Å². The van der Waals surface area contributed by atoms with Crippen molar-refractivity contribution in [3.63, 3.8) is 0 Å². The van der Waals surface area contributed by atoms with E-state index in [0.717, 1.165) is 24.2 Å². The quantitative estimate of drug-likeness (QED) is 0.858. The van der Waals surface area contributed by atoms with Crippen LogP contribution in [0.15, 0.2) is 35.5 Å². The van der Waals surface area contributed by atoms with Gasteiger partial charge in [0.25, 0.3) is 0 Å². The van der Waals surface area contributed by atoms with Crippen molar-refractivity contribution in [2.75, 3.05) is 0 Å². The molecule has 0 saturated heterocycles. The van der Waals surface area contributed by atoms with Gasteiger partial charge in [0, 0.05) is 30.2 Å². The number of aryl methyl sites for hydroxylation is 1. The van der Waals surface area contributed by atoms with Gasteiger partial charge >= 0.3 is 0 Å². The van der Waals surface area contributed by atoms with Crippen LogP contribution in [0.2, 0.25) is 0 Å². The van der Waals surface area contributed by atoms with Crippen molar-refractivity contribution in [2.24, 2.45) is 0 Å². The summed E-state index contributed by atoms with van der Waals surface area (Å²) in [5, 5.41) is 4.68. The van der Waals surface area contributed by atoms with E-state index in [1.54, 1.807) is 6.07 Å². The lowest BCUT2D eigenvalue weighted by atomic mass is 10.2. The van der Waals surface area contributed by atoms with Crippen LogP contribution in [-0.2, 0) is 13.0 Å². The third-order valence-corrected chi connectivity index (χ3v) is 4.14. The minimum atomic E-state index is 0.125. The Labute approximate surface area is 119 Å². The summed E-state index contributed by atoms with van der Waals surface area (Å²) in [6.45, 7) is 2.74. The van der Waals surface area contributed by atoms with E-state index in [9.17, 15) is 4.79 Å². The monoisotopic (exact) mass is 271 g/mol. The maximum Gasteiger partial charge on any atom is 0.184 e. The fourth-order valence-corrected chi connectivity index (χ4v) is 2.96. The molecular weight excluding hydrogens is 250 g/mol. The van der Waals surface area contributed by atoms with Crippen LogP contribution in [0, 0.1) is 0 Å². The van der Waals surface area contributed by atoms with Gasteiger partial charge in [0.1, 0.15) is 0 Å². The lowest BCUT2D eigenvalue weighted by Gasteiger charge is -2.09. The number of rotatable bonds is 4. The maximum atomic E-state index is 11.6. The van der Waals surface area contributed by atoms with E-state index < -0.39 is 0 Å². The van der Waals surface area contributed by atoms with Gasteiger partial charge in [-0.2, -0.15) is 5.10 Å². The fraction of sp³-hybridized carbons (Fsp3) is 0.500. The molecule has 2 aromatic heterocycles. The smallest absolute Gasteiger partial charge is 0.184 e. The summed E-state index contributed by atoms with van der Waals surface area (Å²) in [7, 11) is 0. The Morgan fingerprint density at radius 3 is 2.80 bits per heavy atom. The zero-order valence-corrected chi connectivity index (χ0v) is 12.0. The first-order chi connectivity index (χ1) is 9.76. The molecule has 2 aromatic rings. The van der Waals surface area contributed by atoms with Gasteiger partial charge in [0.05, 0.1) is 18.3 Å². The number of hydrogen-bond acceptors (Lipinski definition) is 2. The molecule has 0 radical (unpaired) electrons. The van der Waals surface area contributed by atoms with E-state index in [-0.39, 0.29) is 5.43 Å². The Morgan fingerprint density at radius 1 is 1.25 bits per heavy atom. The van der Waals surface area contributed by atoms with Gasteiger partial charge < -0.3 is 4.57 Å². The van der Waals surface area contributed by atoms with E-state index in [4.69, 9.17) is 0 Å². The Hall–Kier alpha value is -1.84. The summed E-state index contributed by atoms with van der Waals surface area (Å²) in [4.78, 5) is 11.6. The molecule has 4 nitrogen and oxygen atoms in total. The molecule has 106 valence electrons. The van der Waals surface area contributed by atoms with Crippen molar-refractivity contribution in [3.8, 4) is 0 Å². The first-order valence-corrected chi connectivity index (χ1v) is 7.49. The average Bonchev–Trinajstić information content (AvgIpc) is 3.11. The van der Waals surface area contributed by atoms with Crippen molar-refractivity contribution >= 4 is 0 Å². The Kier molecular flexibility index (Phi) is 3.72. The lowest BCUT2D eigenvalue weighted by Crippen LogP contribution is -2.12. The minimum Gasteiger partial charge on any atom is -0.348 e. The Bertz CT molecular complexity index is 635. The molecular formula is C16H21N3O. The highest BCUT2D eigenvalue weighted by molar-refractivity contribution is 5.12. The summed E-state index contributed by atoms with van der Waals surface area (Å²) >= 11 is 0. The highest BCUT2D eigenvalue weighted by Crippen LogP contribution is 2.28. The van der Waals surface area contributed by atoms with Crippen molar-refractivity contribution in [1.82, 2.24) is 14.3 Å². The van der Waals surface area contributed by atoms with Crippen LogP contribution in [0.25, 0.3) is 0 Å². The molecule has 0 unspecified atom stereocenters. The third kappa shape index (κ3) is 2.69. The summed E-state index contributed by atoms with van der Waals surface area (Å²) in [5.74, 6) is 0. The van der Waals surface area contributed by atoms with Crippen LogP contribution in [0.5, 0.6) is 0 Å². The Balaban J connectivity index is 1.76. The van der Waals surface area contributed by atoms with Crippen LogP contribution in [-0.4, -0.2) is 14.3 Å². The molecule has 0 bridgehead atoms. The highest BCUT2D eigenvalue weighted by Gasteiger charge is 2.17. The predicted octanol–water partition coefficient (Wildman–Crippen LogP) is 2.77. The summed E-state index contributed by atoms with van der Waals surface area (Å²) < 4.78 is 4.16. The largest absolute Gasteiger partial charge is 0.348 e. The van der Waals surface area contributed by atoms with Gasteiger partial charge in [-0.05, 0) is 25.3 Å². The molecule has 0 aromatic carbocycles. The lowest BCUT2D eigenvalue weighted by molar-refractivity contribution is 0.461. The molecule has 1 aliphatic carbocycles. The molecule has 1 aliphatic rings. The molecule has 0 aliphatic heterocycles. The van der Waals surface area contributed by atoms with Gasteiger partial charge in [0.2, 0.25) is 0 Å². The second kappa shape index (κ2) is 5.65. The SMILES string of the molecule is CCc1cn(Cc2ccn(C3CCCC3)n2)ccc1=O. The van der Waals surface area contributed by atoms with Crippen LogP contribution < -0.4 is 5.43 Å². The molecule has 1 fully saturated rings. The second-order valence-corrected chi connectivity index (χ2v) is 5.59. The highest BCUT2D eigenvalue weighted by atomic mass is 16.1. The number of hydrogen-bond donors (Lipinski definition) is 0. The van der Waals surface area contributed by atoms with Crippen LogP contribution >= 0.6 is 0 Å². The van der Waals surface area contributed by atoms with E-state index in [2.05, 4.69) is 22.0 Å². The van der Waals surface area contributed by atoms with E-state index in [1.165, 1.54) is 25.7 Å². The van der Waals surface area contributed by atoms with Gasteiger partial charge in [-0.3, -0.25) is 9.48 Å². The van der Waals surface area contributed by atoms with Crippen LogP contribution in [0.4, 0.5) is 0 Å². The molecule has 0 spiro atoms. The van der Waals surface area contributed by atoms with Crippen LogP contribution in [0.3, 0.4) is 0 Å². The molecule has 3 rings (SSSR count). The van der Waals surface area contributed by atoms with Crippen molar-refractivity contribution < 1.29 is 0 Å². The van der Waals surface area contributed by atoms with Crippen LogP contribution in [0.1, 0.15) is 49.9 Å². The van der Waals surface area contributed by atoms with E-state index >= 15 is 0 Å². The van der Waals surface area contributed by atoms with Gasteiger partial charge in [-0.15, -0.1) is 0 Å². The fourth-order valence-electron chi connectivity index (χ4n) is 2.96. The van der Waals surface area contributed by atoms with Crippen molar-refractivity contribution in [2.45, 2.75) is 51.6 Å². The molecule has 0 N–H and O–H groups in total. The molecule has 20 heavy (non-hydrogen) atoms. The van der Waals surface area contributed by atoms with Crippen molar-refractivity contribution in [1.29, 1.82) is 0 Å². The molecule has 2 heterocycles.